The molecule has 21 heteroatoms. The number of ether oxygens (including phenoxy) is 2. The molecular weight excluding hydrogens is 954 g/mol. The number of phosphoric ester groups is 2. The fraction of sp³-hybridized carbons (Fsp3) is 0.796. The summed E-state index contributed by atoms with van der Waals surface area (Å²) >= 11 is 0. The van der Waals surface area contributed by atoms with Gasteiger partial charge < -0.3 is 59.9 Å². The molecule has 1 saturated carbocycles. The Labute approximate surface area is 414 Å². The van der Waals surface area contributed by atoms with Crippen LogP contribution < -0.4 is 0 Å². The van der Waals surface area contributed by atoms with Gasteiger partial charge in [0.25, 0.3) is 0 Å². The molecule has 1 heterocycles. The maximum Gasteiger partial charge on any atom is 0.472 e. The number of aliphatic hydroxyl groups excluding tert-OH is 7. The van der Waals surface area contributed by atoms with Crippen LogP contribution >= 0.6 is 15.6 Å². The van der Waals surface area contributed by atoms with Gasteiger partial charge in [-0.1, -0.05) is 127 Å². The van der Waals surface area contributed by atoms with Crippen LogP contribution in [0.4, 0.5) is 0 Å². The highest BCUT2D eigenvalue weighted by Gasteiger charge is 2.51. The summed E-state index contributed by atoms with van der Waals surface area (Å²) in [5, 5.41) is 79.7. The Bertz CT molecular complexity index is 1650. The van der Waals surface area contributed by atoms with Gasteiger partial charge in [0.1, 0.15) is 31.0 Å². The third-order valence-electron chi connectivity index (χ3n) is 12.4. The summed E-state index contributed by atoms with van der Waals surface area (Å²) in [5.74, 6) is -4.51. The van der Waals surface area contributed by atoms with E-state index in [-0.39, 0.29) is 38.5 Å². The lowest BCUT2D eigenvalue weighted by molar-refractivity contribution is -0.165. The van der Waals surface area contributed by atoms with Crippen molar-refractivity contribution in [3.63, 3.8) is 0 Å². The minimum absolute atomic E-state index is 0.0465. The highest BCUT2D eigenvalue weighted by molar-refractivity contribution is 7.47. The largest absolute Gasteiger partial charge is 0.472 e. The number of hydrogen-bond donors (Lipinski definition) is 10. The van der Waals surface area contributed by atoms with Crippen LogP contribution in [-0.2, 0) is 41.8 Å². The molecular formula is C49H86O19P2. The summed E-state index contributed by atoms with van der Waals surface area (Å²) in [7, 11) is -11.4. The molecule has 1 unspecified atom stereocenters. The van der Waals surface area contributed by atoms with Crippen LogP contribution in [0.5, 0.6) is 0 Å². The second-order valence-corrected chi connectivity index (χ2v) is 21.1. The van der Waals surface area contributed by atoms with Gasteiger partial charge in [-0.15, -0.1) is 0 Å². The molecule has 2 rings (SSSR count). The van der Waals surface area contributed by atoms with Gasteiger partial charge in [-0.25, -0.2) is 9.13 Å². The average molecular weight is 1040 g/mol. The highest BCUT2D eigenvalue weighted by Crippen LogP contribution is 2.50. The minimum atomic E-state index is -5.77. The molecule has 406 valence electrons. The summed E-state index contributed by atoms with van der Waals surface area (Å²) in [6.45, 7) is 2.55. The molecule has 13 atom stereocenters. The molecule has 0 aromatic carbocycles. The molecule has 1 fully saturated rings. The lowest BCUT2D eigenvalue weighted by Crippen LogP contribution is -2.56. The fourth-order valence-corrected chi connectivity index (χ4v) is 9.87. The molecule has 70 heavy (non-hydrogen) atoms. The highest BCUT2D eigenvalue weighted by atomic mass is 31.2. The number of rotatable bonds is 26. The number of fused-ring (bicyclic) bond motifs is 4. The third-order valence-corrected chi connectivity index (χ3v) is 13.9. The SMILES string of the molecule is CCCCC/C=C\C/C=C\CCCCCCCCCC(=O)OC[C@@H]1COP(=O)(O)O[C@H]2[C@H](O)[C@@H](O)[C@H](O)[C@@H](CC=CCCCC(=O)O1)[C@@H](O)C[C@@H](O)[C@H](C=C[C@@H](O)CCCCC)[C@@H](O)[C@H]2OP(=O)(O)O. The van der Waals surface area contributed by atoms with Crippen molar-refractivity contribution in [1.82, 2.24) is 0 Å². The Hall–Kier alpha value is -2.16. The Morgan fingerprint density at radius 3 is 2.11 bits per heavy atom. The Balaban J connectivity index is 2.24. The van der Waals surface area contributed by atoms with Crippen LogP contribution in [0.15, 0.2) is 48.6 Å². The van der Waals surface area contributed by atoms with E-state index in [4.69, 9.17) is 23.0 Å². The van der Waals surface area contributed by atoms with Crippen molar-refractivity contribution in [2.75, 3.05) is 13.2 Å². The first kappa shape index (κ1) is 64.0. The number of cyclic esters (lactones) is 1. The van der Waals surface area contributed by atoms with Gasteiger partial charge in [0.2, 0.25) is 0 Å². The predicted molar refractivity (Wildman–Crippen MR) is 262 cm³/mol. The molecule has 1 aliphatic carbocycles. The molecule has 2 bridgehead atoms. The number of aliphatic hydroxyl groups is 7. The zero-order chi connectivity index (χ0) is 52.0. The van der Waals surface area contributed by atoms with Crippen molar-refractivity contribution in [2.45, 2.75) is 223 Å². The zero-order valence-corrected chi connectivity index (χ0v) is 43.1. The van der Waals surface area contributed by atoms with Gasteiger partial charge in [-0.3, -0.25) is 23.2 Å². The number of hydrogen-bond acceptors (Lipinski definition) is 16. The van der Waals surface area contributed by atoms with E-state index in [1.165, 1.54) is 31.4 Å². The number of carbonyl (C=O) groups excluding carboxylic acids is 2. The van der Waals surface area contributed by atoms with Crippen LogP contribution in [-0.4, -0.2) is 137 Å². The molecule has 0 spiro atoms. The Morgan fingerprint density at radius 2 is 1.46 bits per heavy atom. The van der Waals surface area contributed by atoms with Crippen LogP contribution in [0.2, 0.25) is 0 Å². The summed E-state index contributed by atoms with van der Waals surface area (Å²) < 4.78 is 52.2. The topological polar surface area (TPSA) is 317 Å². The van der Waals surface area contributed by atoms with Crippen LogP contribution in [0.25, 0.3) is 0 Å². The first-order valence-corrected chi connectivity index (χ1v) is 28.5. The van der Waals surface area contributed by atoms with Gasteiger partial charge in [-0.05, 0) is 64.2 Å². The van der Waals surface area contributed by atoms with Crippen molar-refractivity contribution >= 4 is 27.6 Å². The van der Waals surface area contributed by atoms with Crippen molar-refractivity contribution in [1.29, 1.82) is 0 Å². The van der Waals surface area contributed by atoms with Gasteiger partial charge in [0.15, 0.2) is 6.10 Å². The van der Waals surface area contributed by atoms with E-state index in [9.17, 15) is 69.1 Å². The first-order chi connectivity index (χ1) is 33.3. The molecule has 0 aromatic rings. The number of phosphoric acid groups is 2. The molecule has 2 aliphatic rings. The molecule has 0 radical (unpaired) electrons. The summed E-state index contributed by atoms with van der Waals surface area (Å²) in [6.07, 6.45) is 8.73. The van der Waals surface area contributed by atoms with Crippen molar-refractivity contribution in [3.8, 4) is 0 Å². The van der Waals surface area contributed by atoms with E-state index in [0.717, 1.165) is 76.7 Å². The average Bonchev–Trinajstić information content (AvgIpc) is 3.30. The molecule has 0 amide bonds. The lowest BCUT2D eigenvalue weighted by atomic mass is 9.83. The molecule has 10 N–H and O–H groups in total. The summed E-state index contributed by atoms with van der Waals surface area (Å²) in [4.78, 5) is 56.7. The first-order valence-electron chi connectivity index (χ1n) is 25.4. The second-order valence-electron chi connectivity index (χ2n) is 18.5. The number of allylic oxidation sites excluding steroid dienone is 6. The molecule has 0 aromatic heterocycles. The molecule has 1 aliphatic heterocycles. The van der Waals surface area contributed by atoms with Gasteiger partial charge in [0.05, 0.1) is 37.1 Å². The fourth-order valence-electron chi connectivity index (χ4n) is 8.34. The standard InChI is InChI=1S/C49H86O19P2/c1-3-5-7-8-9-10-11-12-13-14-15-16-17-18-19-20-25-29-42(53)64-34-37-35-65-70(62,63)68-49-47(58)46(57)44(55)38(28-24-21-22-26-30-43(54)66-37)40(51)33-41(52)39(32-31-36(50)27-23-6-4-2)45(56)48(49)67-69(59,60)61/h9-10,12-13,21,24,31-32,36-41,44-52,55-58H,3-8,11,14-20,22-23,25-30,33-35H2,1-2H3,(H,62,63)(H2,59,60,61)/b10-9-,13-12-,24-21?,32-31?/t36-,37+,38-,39-,40-,41+,44+,45+,46-,47+,48+,49-/m0/s1. The van der Waals surface area contributed by atoms with Crippen molar-refractivity contribution in [2.24, 2.45) is 11.8 Å². The quantitative estimate of drug-likeness (QED) is 0.0193. The van der Waals surface area contributed by atoms with E-state index in [1.807, 2.05) is 6.92 Å². The van der Waals surface area contributed by atoms with Gasteiger partial charge in [0, 0.05) is 31.1 Å². The lowest BCUT2D eigenvalue weighted by Gasteiger charge is -2.38. The smallest absolute Gasteiger partial charge is 0.462 e. The normalized spacial score (nSPS) is 30.9. The minimum Gasteiger partial charge on any atom is -0.462 e. The maximum absolute atomic E-state index is 13.7. The van der Waals surface area contributed by atoms with E-state index in [1.54, 1.807) is 6.08 Å². The van der Waals surface area contributed by atoms with E-state index < -0.39 is 120 Å². The van der Waals surface area contributed by atoms with Gasteiger partial charge >= 0.3 is 27.6 Å². The summed E-state index contributed by atoms with van der Waals surface area (Å²) in [6, 6.07) is 0. The van der Waals surface area contributed by atoms with E-state index in [2.05, 4.69) is 31.2 Å². The number of unbranched alkanes of at least 4 members (excludes halogenated alkanes) is 12. The Kier molecular flexibility index (Phi) is 32.8. The van der Waals surface area contributed by atoms with Crippen LogP contribution in [0.1, 0.15) is 162 Å². The predicted octanol–water partition coefficient (Wildman–Crippen LogP) is 6.44. The monoisotopic (exact) mass is 1040 g/mol. The van der Waals surface area contributed by atoms with Gasteiger partial charge in [-0.2, -0.15) is 0 Å². The maximum atomic E-state index is 13.7. The van der Waals surface area contributed by atoms with E-state index >= 15 is 0 Å². The molecule has 0 saturated heterocycles. The summed E-state index contributed by atoms with van der Waals surface area (Å²) in [5.41, 5.74) is 0. The van der Waals surface area contributed by atoms with Crippen LogP contribution in [0.3, 0.4) is 0 Å². The van der Waals surface area contributed by atoms with Crippen molar-refractivity contribution < 1.29 is 92.2 Å². The third kappa shape index (κ3) is 27.2. The van der Waals surface area contributed by atoms with Crippen LogP contribution in [0, 0.1) is 11.8 Å². The molecule has 19 nitrogen and oxygen atoms in total. The second kappa shape index (κ2) is 35.9. The van der Waals surface area contributed by atoms with Crippen molar-refractivity contribution in [3.05, 3.63) is 48.6 Å². The number of esters is 2. The number of carbonyl (C=O) groups is 2. The zero-order valence-electron chi connectivity index (χ0n) is 41.3. The Morgan fingerprint density at radius 1 is 0.829 bits per heavy atom. The van der Waals surface area contributed by atoms with E-state index in [0.29, 0.717) is 12.8 Å².